The minimum Gasteiger partial charge on any atom is -0.497 e. The van der Waals surface area contributed by atoms with Crippen LogP contribution in [0.1, 0.15) is 58.2 Å². The summed E-state index contributed by atoms with van der Waals surface area (Å²) in [6.45, 7) is 8.61. The zero-order valence-corrected chi connectivity index (χ0v) is 21.8. The van der Waals surface area contributed by atoms with Crippen molar-refractivity contribution in [1.29, 1.82) is 0 Å². The van der Waals surface area contributed by atoms with Crippen LogP contribution in [0, 0.1) is 12.3 Å². The molecule has 0 spiro atoms. The molecule has 0 saturated heterocycles. The van der Waals surface area contributed by atoms with E-state index in [1.807, 2.05) is 13.8 Å². The Hall–Kier alpha value is -3.99. The molecule has 0 bridgehead atoms. The summed E-state index contributed by atoms with van der Waals surface area (Å²) in [6.07, 6.45) is 5.60. The first-order chi connectivity index (χ1) is 17.0. The molecule has 2 aromatic rings. The topological polar surface area (TPSA) is 97.0 Å². The molecule has 2 rings (SSSR count). The number of amides is 3. The fourth-order valence-corrected chi connectivity index (χ4v) is 3.56. The lowest BCUT2D eigenvalue weighted by molar-refractivity contribution is -0.140. The summed E-state index contributed by atoms with van der Waals surface area (Å²) >= 11 is 0. The number of carbonyl (C=O) groups excluding carboxylic acids is 3. The molecular formula is C28H35N3O5. The maximum atomic E-state index is 13.7. The van der Waals surface area contributed by atoms with Crippen LogP contribution in [0.3, 0.4) is 0 Å². The first-order valence-electron chi connectivity index (χ1n) is 11.8. The van der Waals surface area contributed by atoms with E-state index in [0.29, 0.717) is 29.0 Å². The maximum Gasteiger partial charge on any atom is 0.408 e. The minimum atomic E-state index is -1.04. The zero-order chi connectivity index (χ0) is 26.9. The van der Waals surface area contributed by atoms with Crippen molar-refractivity contribution in [3.05, 3.63) is 59.7 Å². The van der Waals surface area contributed by atoms with E-state index in [4.69, 9.17) is 15.9 Å². The van der Waals surface area contributed by atoms with Crippen LogP contribution in [0.2, 0.25) is 0 Å². The predicted octanol–water partition coefficient (Wildman–Crippen LogP) is 4.51. The molecule has 192 valence electrons. The molecule has 8 heteroatoms. The van der Waals surface area contributed by atoms with Crippen LogP contribution in [-0.2, 0) is 14.3 Å². The quantitative estimate of drug-likeness (QED) is 0.501. The normalized spacial score (nSPS) is 12.5. The van der Waals surface area contributed by atoms with Gasteiger partial charge in [-0.2, -0.15) is 0 Å². The Morgan fingerprint density at radius 2 is 1.72 bits per heavy atom. The molecule has 0 radical (unpaired) electrons. The van der Waals surface area contributed by atoms with Crippen molar-refractivity contribution in [2.45, 2.75) is 58.7 Å². The molecule has 0 aliphatic rings. The van der Waals surface area contributed by atoms with Crippen LogP contribution in [0.25, 0.3) is 0 Å². The second-order valence-electron chi connectivity index (χ2n) is 9.27. The third-order valence-electron chi connectivity index (χ3n) is 5.43. The number of rotatable bonds is 9. The van der Waals surface area contributed by atoms with E-state index in [0.717, 1.165) is 0 Å². The smallest absolute Gasteiger partial charge is 0.408 e. The monoisotopic (exact) mass is 493 g/mol. The Balaban J connectivity index is 2.44. The summed E-state index contributed by atoms with van der Waals surface area (Å²) in [5.41, 5.74) is 0.828. The zero-order valence-electron chi connectivity index (χ0n) is 21.8. The van der Waals surface area contributed by atoms with Crippen molar-refractivity contribution in [3.8, 4) is 18.1 Å². The Morgan fingerprint density at radius 1 is 1.08 bits per heavy atom. The molecule has 0 aliphatic heterocycles. The lowest BCUT2D eigenvalue weighted by atomic mass is 9.96. The molecule has 0 heterocycles. The summed E-state index contributed by atoms with van der Waals surface area (Å²) < 4.78 is 10.4. The van der Waals surface area contributed by atoms with Crippen molar-refractivity contribution < 1.29 is 23.9 Å². The highest BCUT2D eigenvalue weighted by Gasteiger charge is 2.35. The Morgan fingerprint density at radius 3 is 2.28 bits per heavy atom. The highest BCUT2D eigenvalue weighted by Crippen LogP contribution is 2.29. The first-order valence-corrected chi connectivity index (χ1v) is 11.8. The third-order valence-corrected chi connectivity index (χ3v) is 5.43. The number of hydrogen-bond donors (Lipinski definition) is 2. The van der Waals surface area contributed by atoms with Gasteiger partial charge in [0.2, 0.25) is 5.91 Å². The molecule has 3 amide bonds. The van der Waals surface area contributed by atoms with Gasteiger partial charge in [0.1, 0.15) is 23.9 Å². The predicted molar refractivity (Wildman–Crippen MR) is 140 cm³/mol. The van der Waals surface area contributed by atoms with Gasteiger partial charge in [0.15, 0.2) is 0 Å². The number of anilines is 1. The molecule has 0 saturated carbocycles. The summed E-state index contributed by atoms with van der Waals surface area (Å²) in [4.78, 5) is 40.8. The summed E-state index contributed by atoms with van der Waals surface area (Å²) in [5.74, 6) is 2.37. The summed E-state index contributed by atoms with van der Waals surface area (Å²) in [7, 11) is 1.56. The van der Waals surface area contributed by atoms with E-state index in [2.05, 4.69) is 16.6 Å². The second kappa shape index (κ2) is 12.6. The number of carbonyl (C=O) groups is 3. The molecule has 0 fully saturated rings. The van der Waals surface area contributed by atoms with Crippen LogP contribution in [0.4, 0.5) is 10.5 Å². The van der Waals surface area contributed by atoms with Crippen LogP contribution < -0.4 is 15.4 Å². The van der Waals surface area contributed by atoms with Gasteiger partial charge in [-0.3, -0.25) is 9.59 Å². The Bertz CT molecular complexity index is 1100. The number of benzene rings is 2. The molecule has 2 unspecified atom stereocenters. The molecule has 0 aliphatic carbocycles. The molecule has 0 aromatic heterocycles. The van der Waals surface area contributed by atoms with Gasteiger partial charge in [-0.15, -0.1) is 6.42 Å². The molecule has 2 aromatic carbocycles. The van der Waals surface area contributed by atoms with Gasteiger partial charge >= 0.3 is 6.09 Å². The summed E-state index contributed by atoms with van der Waals surface area (Å²) in [6, 6.07) is 12.5. The SMILES string of the molecule is C#Cc1ccccc1C(C(=O)Nc1ccc(OC)cc1)N(C(=O)CNC(=O)OC(C)(C)C)C(C)CC. The number of nitrogens with zero attached hydrogens (tertiary/aromatic N) is 1. The van der Waals surface area contributed by atoms with E-state index in [9.17, 15) is 14.4 Å². The van der Waals surface area contributed by atoms with Gasteiger partial charge in [0.25, 0.3) is 5.91 Å². The van der Waals surface area contributed by atoms with E-state index in [1.54, 1.807) is 76.4 Å². The van der Waals surface area contributed by atoms with Gasteiger partial charge < -0.3 is 25.0 Å². The lowest BCUT2D eigenvalue weighted by Crippen LogP contribution is -2.50. The minimum absolute atomic E-state index is 0.338. The third kappa shape index (κ3) is 7.77. The number of ether oxygens (including phenoxy) is 2. The average molecular weight is 494 g/mol. The van der Waals surface area contributed by atoms with E-state index >= 15 is 0 Å². The first kappa shape index (κ1) is 28.2. The Kier molecular flexibility index (Phi) is 9.92. The van der Waals surface area contributed by atoms with Crippen LogP contribution in [0.5, 0.6) is 5.75 Å². The number of terminal acetylenes is 1. The largest absolute Gasteiger partial charge is 0.497 e. The summed E-state index contributed by atoms with van der Waals surface area (Å²) in [5, 5.41) is 5.38. The maximum absolute atomic E-state index is 13.7. The van der Waals surface area contributed by atoms with E-state index in [1.165, 1.54) is 4.90 Å². The standard InChI is InChI=1S/C28H35N3O5/c1-8-19(3)31(24(32)18-29-27(34)36-28(4,5)6)25(23-13-11-10-12-20(23)9-2)26(33)30-21-14-16-22(35-7)17-15-21/h2,10-17,19,25H,8,18H2,1,3-7H3,(H,29,34)(H,30,33). The van der Waals surface area contributed by atoms with Gasteiger partial charge in [-0.25, -0.2) is 4.79 Å². The molecule has 2 atom stereocenters. The second-order valence-corrected chi connectivity index (χ2v) is 9.27. The molecule has 2 N–H and O–H groups in total. The van der Waals surface area contributed by atoms with Gasteiger partial charge in [0.05, 0.1) is 7.11 Å². The fourth-order valence-electron chi connectivity index (χ4n) is 3.56. The highest BCUT2D eigenvalue weighted by atomic mass is 16.6. The van der Waals surface area contributed by atoms with Crippen molar-refractivity contribution in [2.24, 2.45) is 0 Å². The van der Waals surface area contributed by atoms with Gasteiger partial charge in [-0.05, 0) is 70.0 Å². The van der Waals surface area contributed by atoms with Crippen LogP contribution >= 0.6 is 0 Å². The number of nitrogens with one attached hydrogen (secondary N) is 2. The van der Waals surface area contributed by atoms with E-state index in [-0.39, 0.29) is 12.6 Å². The number of methoxy groups -OCH3 is 1. The number of alkyl carbamates (subject to hydrolysis) is 1. The molecular weight excluding hydrogens is 458 g/mol. The van der Waals surface area contributed by atoms with Crippen molar-refractivity contribution in [2.75, 3.05) is 19.0 Å². The molecule has 36 heavy (non-hydrogen) atoms. The highest BCUT2D eigenvalue weighted by molar-refractivity contribution is 5.99. The Labute approximate surface area is 213 Å². The lowest BCUT2D eigenvalue weighted by Gasteiger charge is -2.36. The van der Waals surface area contributed by atoms with Crippen LogP contribution in [0.15, 0.2) is 48.5 Å². The van der Waals surface area contributed by atoms with Gasteiger partial charge in [-0.1, -0.05) is 31.0 Å². The van der Waals surface area contributed by atoms with Crippen LogP contribution in [-0.4, -0.2) is 48.1 Å². The fraction of sp³-hybridized carbons (Fsp3) is 0.393. The van der Waals surface area contributed by atoms with Crippen molar-refractivity contribution in [1.82, 2.24) is 10.2 Å². The van der Waals surface area contributed by atoms with Gasteiger partial charge in [0, 0.05) is 17.3 Å². The molecule has 8 nitrogen and oxygen atoms in total. The van der Waals surface area contributed by atoms with Crippen molar-refractivity contribution in [3.63, 3.8) is 0 Å². The average Bonchev–Trinajstić information content (AvgIpc) is 2.84. The number of hydrogen-bond acceptors (Lipinski definition) is 5. The van der Waals surface area contributed by atoms with E-state index < -0.39 is 29.6 Å². The van der Waals surface area contributed by atoms with Crippen molar-refractivity contribution >= 4 is 23.6 Å².